The lowest BCUT2D eigenvalue weighted by atomic mass is 9.94. The van der Waals surface area contributed by atoms with E-state index in [1.165, 1.54) is 11.9 Å². The summed E-state index contributed by atoms with van der Waals surface area (Å²) >= 11 is 0. The molecule has 1 aliphatic rings. The topological polar surface area (TPSA) is 46.6 Å². The Morgan fingerprint density at radius 3 is 3.00 bits per heavy atom. The van der Waals surface area contributed by atoms with E-state index in [2.05, 4.69) is 4.74 Å². The van der Waals surface area contributed by atoms with Gasteiger partial charge in [-0.25, -0.2) is 0 Å². The van der Waals surface area contributed by atoms with Crippen LogP contribution >= 0.6 is 0 Å². The van der Waals surface area contributed by atoms with Crippen molar-refractivity contribution >= 4 is 19.7 Å². The molecule has 0 N–H and O–H groups in total. The molecule has 5 heteroatoms. The highest BCUT2D eigenvalue weighted by atomic mass is 16.5. The molecule has 0 amide bonds. The minimum Gasteiger partial charge on any atom is -0.468 e. The number of hydrogen-bond donors (Lipinski definition) is 0. The molecule has 0 aromatic carbocycles. The summed E-state index contributed by atoms with van der Waals surface area (Å²) in [5, 5.41) is 0. The second kappa shape index (κ2) is 3.71. The molecule has 0 saturated carbocycles. The number of ketones is 1. The van der Waals surface area contributed by atoms with Crippen LogP contribution in [0, 0.1) is 5.92 Å². The third kappa shape index (κ3) is 1.85. The smallest absolute Gasteiger partial charge is 0.317 e. The van der Waals surface area contributed by atoms with Crippen molar-refractivity contribution < 1.29 is 14.3 Å². The Balaban J connectivity index is 2.60. The molecule has 12 heavy (non-hydrogen) atoms. The standard InChI is InChI=1S/C7H10BNO3/c1-12-7(11)5-4-9(8)3-2-6(5)10/h5H,2-4H2,1H3. The number of ether oxygens (including phenoxy) is 1. The van der Waals surface area contributed by atoms with E-state index in [4.69, 9.17) is 7.98 Å². The van der Waals surface area contributed by atoms with Crippen LogP contribution in [-0.2, 0) is 14.3 Å². The van der Waals surface area contributed by atoms with Crippen LogP contribution in [0.2, 0.25) is 0 Å². The first-order valence-corrected chi connectivity index (χ1v) is 3.75. The van der Waals surface area contributed by atoms with E-state index < -0.39 is 11.9 Å². The zero-order valence-electron chi connectivity index (χ0n) is 6.95. The van der Waals surface area contributed by atoms with Crippen molar-refractivity contribution in [2.45, 2.75) is 6.42 Å². The van der Waals surface area contributed by atoms with Crippen molar-refractivity contribution in [3.8, 4) is 0 Å². The summed E-state index contributed by atoms with van der Waals surface area (Å²) in [6.07, 6.45) is 0.330. The fourth-order valence-corrected chi connectivity index (χ4v) is 1.20. The second-order valence-corrected chi connectivity index (χ2v) is 2.79. The first-order valence-electron chi connectivity index (χ1n) is 3.75. The van der Waals surface area contributed by atoms with Crippen molar-refractivity contribution in [3.05, 3.63) is 0 Å². The van der Waals surface area contributed by atoms with Gasteiger partial charge in [0.1, 0.15) is 11.7 Å². The number of piperidine rings is 1. The lowest BCUT2D eigenvalue weighted by Gasteiger charge is -2.27. The van der Waals surface area contributed by atoms with Crippen molar-refractivity contribution in [2.75, 3.05) is 20.2 Å². The molecule has 1 atom stereocenters. The highest BCUT2D eigenvalue weighted by molar-refractivity contribution is 6.07. The van der Waals surface area contributed by atoms with Gasteiger partial charge in [-0.15, -0.1) is 0 Å². The number of Topliss-reactive ketones (excluding diaryl/α,β-unsaturated/α-hetero) is 1. The van der Waals surface area contributed by atoms with Crippen LogP contribution in [-0.4, -0.2) is 44.7 Å². The Morgan fingerprint density at radius 1 is 1.75 bits per heavy atom. The molecule has 0 aromatic heterocycles. The van der Waals surface area contributed by atoms with E-state index in [0.29, 0.717) is 13.0 Å². The molecule has 4 nitrogen and oxygen atoms in total. The van der Waals surface area contributed by atoms with Gasteiger partial charge < -0.3 is 9.55 Å². The number of carbonyl (C=O) groups is 2. The van der Waals surface area contributed by atoms with Crippen LogP contribution in [0.15, 0.2) is 0 Å². The summed E-state index contributed by atoms with van der Waals surface area (Å²) in [5.41, 5.74) is 0. The van der Waals surface area contributed by atoms with E-state index in [1.54, 1.807) is 0 Å². The Hall–Kier alpha value is -0.835. The SMILES string of the molecule is [B]N1CCC(=O)C(C(=O)OC)C1. The van der Waals surface area contributed by atoms with Crippen molar-refractivity contribution in [1.82, 2.24) is 4.81 Å². The maximum Gasteiger partial charge on any atom is 0.317 e. The number of esters is 1. The summed E-state index contributed by atoms with van der Waals surface area (Å²) < 4.78 is 4.47. The van der Waals surface area contributed by atoms with Crippen LogP contribution < -0.4 is 0 Å². The van der Waals surface area contributed by atoms with Gasteiger partial charge in [0.25, 0.3) is 0 Å². The van der Waals surface area contributed by atoms with Crippen LogP contribution in [0.3, 0.4) is 0 Å². The summed E-state index contributed by atoms with van der Waals surface area (Å²) in [4.78, 5) is 23.6. The maximum absolute atomic E-state index is 11.2. The van der Waals surface area contributed by atoms with Crippen LogP contribution in [0.25, 0.3) is 0 Å². The second-order valence-electron chi connectivity index (χ2n) is 2.79. The maximum atomic E-state index is 11.2. The quantitative estimate of drug-likeness (QED) is 0.289. The Labute approximate surface area is 72.3 Å². The van der Waals surface area contributed by atoms with E-state index >= 15 is 0 Å². The fraction of sp³-hybridized carbons (Fsp3) is 0.714. The van der Waals surface area contributed by atoms with E-state index in [9.17, 15) is 9.59 Å². The summed E-state index contributed by atoms with van der Waals surface area (Å²) in [6, 6.07) is 0. The lowest BCUT2D eigenvalue weighted by Crippen LogP contribution is -2.43. The van der Waals surface area contributed by atoms with Crippen LogP contribution in [0.5, 0.6) is 0 Å². The van der Waals surface area contributed by atoms with Gasteiger partial charge in [-0.3, -0.25) is 9.59 Å². The Morgan fingerprint density at radius 2 is 2.42 bits per heavy atom. The Bertz CT molecular complexity index is 199. The molecule has 1 fully saturated rings. The molecule has 1 heterocycles. The van der Waals surface area contributed by atoms with Gasteiger partial charge in [0.15, 0.2) is 7.98 Å². The lowest BCUT2D eigenvalue weighted by molar-refractivity contribution is -0.150. The fourth-order valence-electron chi connectivity index (χ4n) is 1.20. The molecule has 1 rings (SSSR count). The molecule has 0 bridgehead atoms. The number of carbonyl (C=O) groups excluding carboxylic acids is 2. The average molecular weight is 167 g/mol. The van der Waals surface area contributed by atoms with Crippen LogP contribution in [0.1, 0.15) is 6.42 Å². The highest BCUT2D eigenvalue weighted by Gasteiger charge is 2.31. The van der Waals surface area contributed by atoms with Gasteiger partial charge >= 0.3 is 5.97 Å². The molecular weight excluding hydrogens is 157 g/mol. The van der Waals surface area contributed by atoms with Crippen molar-refractivity contribution in [2.24, 2.45) is 5.92 Å². The number of methoxy groups -OCH3 is 1. The minimum absolute atomic E-state index is 0.0800. The zero-order valence-corrected chi connectivity index (χ0v) is 6.95. The summed E-state index contributed by atoms with van der Waals surface area (Å²) in [5.74, 6) is -1.26. The predicted octanol–water partition coefficient (Wildman–Crippen LogP) is -0.866. The van der Waals surface area contributed by atoms with Crippen molar-refractivity contribution in [1.29, 1.82) is 0 Å². The monoisotopic (exact) mass is 167 g/mol. The van der Waals surface area contributed by atoms with Gasteiger partial charge in [-0.2, -0.15) is 0 Å². The van der Waals surface area contributed by atoms with Gasteiger partial charge in [0.2, 0.25) is 0 Å². The van der Waals surface area contributed by atoms with Gasteiger partial charge in [0, 0.05) is 13.0 Å². The number of nitrogens with zero attached hydrogens (tertiary/aromatic N) is 1. The molecule has 2 radical (unpaired) electrons. The molecule has 0 spiro atoms. The third-order valence-electron chi connectivity index (χ3n) is 1.94. The van der Waals surface area contributed by atoms with Gasteiger partial charge in [0.05, 0.1) is 7.11 Å². The molecule has 0 aromatic rings. The number of hydrogen-bond acceptors (Lipinski definition) is 4. The molecule has 1 aliphatic heterocycles. The molecule has 1 unspecified atom stereocenters. The summed E-state index contributed by atoms with van der Waals surface area (Å²) in [7, 11) is 6.72. The predicted molar refractivity (Wildman–Crippen MR) is 42.5 cm³/mol. The highest BCUT2D eigenvalue weighted by Crippen LogP contribution is 2.12. The van der Waals surface area contributed by atoms with E-state index in [1.807, 2.05) is 0 Å². The Kier molecular flexibility index (Phi) is 2.86. The van der Waals surface area contributed by atoms with Gasteiger partial charge in [-0.05, 0) is 6.54 Å². The molecule has 64 valence electrons. The van der Waals surface area contributed by atoms with Crippen LogP contribution in [0.4, 0.5) is 0 Å². The molecular formula is C7H10BNO3. The summed E-state index contributed by atoms with van der Waals surface area (Å²) in [6.45, 7) is 0.790. The average Bonchev–Trinajstić information content (AvgIpc) is 2.08. The molecule has 1 saturated heterocycles. The van der Waals surface area contributed by atoms with Crippen molar-refractivity contribution in [3.63, 3.8) is 0 Å². The molecule has 0 aliphatic carbocycles. The number of rotatable bonds is 1. The third-order valence-corrected chi connectivity index (χ3v) is 1.94. The largest absolute Gasteiger partial charge is 0.468 e. The minimum atomic E-state index is -0.686. The first kappa shape index (κ1) is 9.25. The van der Waals surface area contributed by atoms with Gasteiger partial charge in [-0.1, -0.05) is 0 Å². The zero-order chi connectivity index (χ0) is 9.14. The normalized spacial score (nSPS) is 25.4. The van der Waals surface area contributed by atoms with E-state index in [0.717, 1.165) is 0 Å². The first-order chi connectivity index (χ1) is 5.65. The van der Waals surface area contributed by atoms with E-state index in [-0.39, 0.29) is 12.3 Å².